The molecule has 3 aromatic heterocycles. The van der Waals surface area contributed by atoms with Gasteiger partial charge in [0, 0.05) is 48.9 Å². The first-order valence-electron chi connectivity index (χ1n) is 12.7. The Morgan fingerprint density at radius 1 is 1.32 bits per heavy atom. The molecule has 2 aliphatic heterocycles. The number of carbonyl (C=O) groups excluding carboxylic acids is 1. The molecular formula is C25H28F3N7O3. The second kappa shape index (κ2) is 9.38. The fourth-order valence-electron chi connectivity index (χ4n) is 5.50. The SMILES string of the molecule is C[C@H]1COCCN1c1ccc2c(-c3nc(N[C@H]4CCC5(CC5OC=O)NC4)ncc3C(F)(F)F)c[nH]c2n1. The first-order valence-corrected chi connectivity index (χ1v) is 12.7. The number of hydrogen-bond donors (Lipinski definition) is 3. The lowest BCUT2D eigenvalue weighted by Gasteiger charge is -2.34. The molecule has 3 aliphatic rings. The number of halogens is 3. The molecule has 202 valence electrons. The van der Waals surface area contributed by atoms with Crippen molar-refractivity contribution in [3.63, 3.8) is 0 Å². The van der Waals surface area contributed by atoms with Crippen molar-refractivity contribution in [2.75, 3.05) is 36.5 Å². The second-order valence-electron chi connectivity index (χ2n) is 10.2. The molecule has 3 fully saturated rings. The Morgan fingerprint density at radius 3 is 2.92 bits per heavy atom. The minimum atomic E-state index is -4.63. The van der Waals surface area contributed by atoms with Crippen LogP contribution in [0.25, 0.3) is 22.3 Å². The number of pyridine rings is 1. The third-order valence-electron chi connectivity index (χ3n) is 7.73. The van der Waals surface area contributed by atoms with Crippen molar-refractivity contribution in [2.45, 2.75) is 56.1 Å². The Hall–Kier alpha value is -3.45. The maximum atomic E-state index is 14.0. The number of nitrogens with one attached hydrogen (secondary N) is 3. The standard InChI is InChI=1S/C25H28F3N7O3/c1-14-12-37-7-6-35(14)20-3-2-16-17(10-29-22(16)33-20)21-18(25(26,27)28)11-30-23(34-21)32-15-4-5-24(31-9-15)8-19(24)38-13-36/h2-3,10-11,13-15,19,31H,4-9,12H2,1H3,(H,29,33)(H,30,32,34)/t14-,15-,19?,24?/m0/s1. The molecule has 2 unspecified atom stereocenters. The van der Waals surface area contributed by atoms with Gasteiger partial charge in [-0.15, -0.1) is 0 Å². The number of ether oxygens (including phenoxy) is 2. The molecule has 5 heterocycles. The van der Waals surface area contributed by atoms with Crippen molar-refractivity contribution in [3.05, 3.63) is 30.1 Å². The van der Waals surface area contributed by atoms with Crippen molar-refractivity contribution in [2.24, 2.45) is 0 Å². The van der Waals surface area contributed by atoms with Gasteiger partial charge in [-0.1, -0.05) is 0 Å². The Kier molecular flexibility index (Phi) is 6.14. The third kappa shape index (κ3) is 4.53. The van der Waals surface area contributed by atoms with E-state index in [1.54, 1.807) is 6.07 Å². The summed E-state index contributed by atoms with van der Waals surface area (Å²) in [6.07, 6.45) is -0.144. The van der Waals surface area contributed by atoms with Crippen LogP contribution in [0, 0.1) is 0 Å². The number of rotatable bonds is 6. The number of anilines is 2. The summed E-state index contributed by atoms with van der Waals surface area (Å²) in [5.74, 6) is 0.857. The largest absolute Gasteiger partial charge is 0.463 e. The van der Waals surface area contributed by atoms with Crippen LogP contribution in [0.2, 0.25) is 0 Å². The summed E-state index contributed by atoms with van der Waals surface area (Å²) in [4.78, 5) is 28.8. The Bertz CT molecular complexity index is 1340. The normalized spacial score (nSPS) is 27.5. The van der Waals surface area contributed by atoms with Crippen molar-refractivity contribution >= 4 is 29.3 Å². The molecule has 0 bridgehead atoms. The topological polar surface area (TPSA) is 117 Å². The van der Waals surface area contributed by atoms with E-state index >= 15 is 0 Å². The van der Waals surface area contributed by atoms with Gasteiger partial charge in [-0.3, -0.25) is 4.79 Å². The summed E-state index contributed by atoms with van der Waals surface area (Å²) in [5.41, 5.74) is -0.532. The van der Waals surface area contributed by atoms with E-state index in [0.29, 0.717) is 49.4 Å². The molecule has 2 saturated heterocycles. The molecule has 13 heteroatoms. The predicted molar refractivity (Wildman–Crippen MR) is 133 cm³/mol. The van der Waals surface area contributed by atoms with Gasteiger partial charge in [0.15, 0.2) is 0 Å². The summed E-state index contributed by atoms with van der Waals surface area (Å²) in [5, 5.41) is 7.12. The number of morpholine rings is 1. The van der Waals surface area contributed by atoms with Gasteiger partial charge in [0.1, 0.15) is 23.1 Å². The molecule has 1 aliphatic carbocycles. The van der Waals surface area contributed by atoms with Crippen LogP contribution >= 0.6 is 0 Å². The molecule has 6 rings (SSSR count). The molecule has 3 N–H and O–H groups in total. The van der Waals surface area contributed by atoms with Gasteiger partial charge in [-0.2, -0.15) is 13.2 Å². The summed E-state index contributed by atoms with van der Waals surface area (Å²) in [6, 6.07) is 3.66. The Labute approximate surface area is 216 Å². The first kappa shape index (κ1) is 24.9. The highest BCUT2D eigenvalue weighted by Gasteiger charge is 2.57. The zero-order chi connectivity index (χ0) is 26.5. The number of carbonyl (C=O) groups is 1. The van der Waals surface area contributed by atoms with E-state index in [4.69, 9.17) is 9.47 Å². The highest BCUT2D eigenvalue weighted by Crippen LogP contribution is 2.45. The van der Waals surface area contributed by atoms with Crippen molar-refractivity contribution in [1.82, 2.24) is 25.3 Å². The van der Waals surface area contributed by atoms with Gasteiger partial charge in [0.2, 0.25) is 5.95 Å². The smallest absolute Gasteiger partial charge is 0.419 e. The van der Waals surface area contributed by atoms with Crippen LogP contribution in [-0.4, -0.2) is 76.4 Å². The van der Waals surface area contributed by atoms with E-state index < -0.39 is 11.7 Å². The molecule has 4 atom stereocenters. The van der Waals surface area contributed by atoms with E-state index in [1.165, 1.54) is 6.20 Å². The second-order valence-corrected chi connectivity index (χ2v) is 10.2. The number of hydrogen-bond acceptors (Lipinski definition) is 9. The highest BCUT2D eigenvalue weighted by molar-refractivity contribution is 5.94. The molecule has 0 amide bonds. The lowest BCUT2D eigenvalue weighted by molar-refractivity contribution is -0.137. The van der Waals surface area contributed by atoms with E-state index in [2.05, 4.69) is 35.5 Å². The monoisotopic (exact) mass is 531 g/mol. The van der Waals surface area contributed by atoms with Crippen molar-refractivity contribution in [1.29, 1.82) is 0 Å². The minimum absolute atomic E-state index is 0.0783. The van der Waals surface area contributed by atoms with Gasteiger partial charge in [0.05, 0.1) is 30.5 Å². The Balaban J connectivity index is 1.26. The number of fused-ring (bicyclic) bond motifs is 1. The average Bonchev–Trinajstić information content (AvgIpc) is 3.37. The molecule has 0 radical (unpaired) electrons. The zero-order valence-electron chi connectivity index (χ0n) is 20.7. The number of alkyl halides is 3. The van der Waals surface area contributed by atoms with Crippen molar-refractivity contribution < 1.29 is 27.4 Å². The van der Waals surface area contributed by atoms with Crippen LogP contribution in [0.1, 0.15) is 31.7 Å². The lowest BCUT2D eigenvalue weighted by atomic mass is 9.98. The molecule has 10 nitrogen and oxygen atoms in total. The van der Waals surface area contributed by atoms with Crippen LogP contribution < -0.4 is 15.5 Å². The van der Waals surface area contributed by atoms with Gasteiger partial charge in [-0.05, 0) is 31.9 Å². The molecule has 0 aromatic carbocycles. The van der Waals surface area contributed by atoms with Gasteiger partial charge in [0.25, 0.3) is 6.47 Å². The summed E-state index contributed by atoms with van der Waals surface area (Å²) in [7, 11) is 0. The number of aromatic amines is 1. The van der Waals surface area contributed by atoms with E-state index in [9.17, 15) is 18.0 Å². The number of piperidine rings is 1. The third-order valence-corrected chi connectivity index (χ3v) is 7.73. The first-order chi connectivity index (χ1) is 18.3. The molecule has 3 aromatic rings. The summed E-state index contributed by atoms with van der Waals surface area (Å²) < 4.78 is 52.5. The van der Waals surface area contributed by atoms with Gasteiger partial charge >= 0.3 is 6.18 Å². The number of H-pyrrole nitrogens is 1. The molecule has 38 heavy (non-hydrogen) atoms. The number of nitrogens with zero attached hydrogens (tertiary/aromatic N) is 4. The van der Waals surface area contributed by atoms with E-state index in [-0.39, 0.29) is 35.4 Å². The maximum absolute atomic E-state index is 14.0. The van der Waals surface area contributed by atoms with Gasteiger partial charge in [-0.25, -0.2) is 15.0 Å². The van der Waals surface area contributed by atoms with E-state index in [1.807, 2.05) is 13.0 Å². The quantitative estimate of drug-likeness (QED) is 0.413. The zero-order valence-corrected chi connectivity index (χ0v) is 20.7. The van der Waals surface area contributed by atoms with Gasteiger partial charge < -0.3 is 30.0 Å². The van der Waals surface area contributed by atoms with Crippen LogP contribution in [0.5, 0.6) is 0 Å². The molecule has 1 saturated carbocycles. The van der Waals surface area contributed by atoms with Crippen LogP contribution in [-0.2, 0) is 20.4 Å². The lowest BCUT2D eigenvalue weighted by Crippen LogP contribution is -2.48. The number of aromatic nitrogens is 4. The molecule has 1 spiro atoms. The highest BCUT2D eigenvalue weighted by atomic mass is 19.4. The summed E-state index contributed by atoms with van der Waals surface area (Å²) >= 11 is 0. The predicted octanol–water partition coefficient (Wildman–Crippen LogP) is 3.11. The maximum Gasteiger partial charge on any atom is 0.419 e. The van der Waals surface area contributed by atoms with Crippen LogP contribution in [0.3, 0.4) is 0 Å². The fraction of sp³-hybridized carbons (Fsp3) is 0.520. The van der Waals surface area contributed by atoms with E-state index in [0.717, 1.165) is 31.3 Å². The average molecular weight is 532 g/mol. The minimum Gasteiger partial charge on any atom is -0.463 e. The fourth-order valence-corrected chi connectivity index (χ4v) is 5.50. The van der Waals surface area contributed by atoms with Crippen LogP contribution in [0.4, 0.5) is 24.9 Å². The molecular weight excluding hydrogens is 503 g/mol. The van der Waals surface area contributed by atoms with Crippen LogP contribution in [0.15, 0.2) is 24.5 Å². The Morgan fingerprint density at radius 2 is 2.18 bits per heavy atom. The van der Waals surface area contributed by atoms with Crippen molar-refractivity contribution in [3.8, 4) is 11.3 Å². The summed E-state index contributed by atoms with van der Waals surface area (Å²) in [6.45, 7) is 4.93.